The minimum absolute atomic E-state index is 0. The number of nitrogens with zero attached hydrogens (tertiary/aromatic N) is 2. The number of rotatable bonds is 7. The molecule has 1 aromatic heterocycles. The normalized spacial score (nSPS) is 10.9. The van der Waals surface area contributed by atoms with E-state index in [0.717, 1.165) is 48.4 Å². The van der Waals surface area contributed by atoms with Crippen LogP contribution < -0.4 is 16.0 Å². The number of halogens is 1. The zero-order chi connectivity index (χ0) is 16.5. The molecule has 0 unspecified atom stereocenters. The second-order valence-corrected chi connectivity index (χ2v) is 6.53. The number of aryl methyl sites for hydroxylation is 2. The van der Waals surface area contributed by atoms with E-state index in [1.54, 1.807) is 18.4 Å². The van der Waals surface area contributed by atoms with Gasteiger partial charge in [-0.15, -0.1) is 35.3 Å². The lowest BCUT2D eigenvalue weighted by Crippen LogP contribution is -2.37. The zero-order valence-corrected chi connectivity index (χ0v) is 17.6. The number of guanidine groups is 1. The van der Waals surface area contributed by atoms with E-state index < -0.39 is 0 Å². The van der Waals surface area contributed by atoms with Crippen LogP contribution in [0.25, 0.3) is 0 Å². The molecule has 0 atom stereocenters. The molecule has 0 fully saturated rings. The molecule has 5 nitrogen and oxygen atoms in total. The molecule has 0 spiro atoms. The Hall–Kier alpha value is -1.35. The van der Waals surface area contributed by atoms with Gasteiger partial charge in [0.1, 0.15) is 0 Å². The lowest BCUT2D eigenvalue weighted by Gasteiger charge is -2.12. The zero-order valence-electron chi connectivity index (χ0n) is 14.4. The first-order valence-corrected chi connectivity index (χ1v) is 8.67. The van der Waals surface area contributed by atoms with Gasteiger partial charge in [-0.05, 0) is 32.4 Å². The van der Waals surface area contributed by atoms with E-state index in [2.05, 4.69) is 38.1 Å². The highest BCUT2D eigenvalue weighted by atomic mass is 127. The summed E-state index contributed by atoms with van der Waals surface area (Å²) in [5.74, 6) is 0.829. The molecule has 0 radical (unpaired) electrons. The Morgan fingerprint density at radius 1 is 1.12 bits per heavy atom. The van der Waals surface area contributed by atoms with Crippen LogP contribution in [0.15, 0.2) is 35.3 Å². The number of nitrogens with one attached hydrogen (secondary N) is 3. The largest absolute Gasteiger partial charge is 0.385 e. The average Bonchev–Trinajstić information content (AvgIpc) is 2.88. The van der Waals surface area contributed by atoms with Gasteiger partial charge in [-0.3, -0.25) is 4.99 Å². The Kier molecular flexibility index (Phi) is 9.70. The highest BCUT2D eigenvalue weighted by Crippen LogP contribution is 2.16. The third-order valence-corrected chi connectivity index (χ3v) is 4.46. The second kappa shape index (κ2) is 11.2. The fourth-order valence-corrected chi connectivity index (χ4v) is 3.08. The average molecular weight is 459 g/mol. The summed E-state index contributed by atoms with van der Waals surface area (Å²) < 4.78 is 0. The number of hydrogen-bond acceptors (Lipinski definition) is 4. The number of para-hydroxylation sites is 1. The maximum absolute atomic E-state index is 4.44. The molecule has 0 aliphatic heterocycles. The third kappa shape index (κ3) is 7.04. The maximum atomic E-state index is 4.44. The van der Waals surface area contributed by atoms with E-state index in [0.29, 0.717) is 0 Å². The highest BCUT2D eigenvalue weighted by molar-refractivity contribution is 14.0. The maximum Gasteiger partial charge on any atom is 0.191 e. The molecule has 0 saturated carbocycles. The molecule has 0 amide bonds. The minimum atomic E-state index is 0. The predicted octanol–water partition coefficient (Wildman–Crippen LogP) is 3.55. The van der Waals surface area contributed by atoms with Crippen molar-refractivity contribution in [3.05, 3.63) is 45.9 Å². The van der Waals surface area contributed by atoms with Gasteiger partial charge in [0, 0.05) is 30.7 Å². The van der Waals surface area contributed by atoms with E-state index in [9.17, 15) is 0 Å². The number of aromatic nitrogens is 1. The molecular weight excluding hydrogens is 433 g/mol. The van der Waals surface area contributed by atoms with Crippen molar-refractivity contribution in [3.8, 4) is 0 Å². The van der Waals surface area contributed by atoms with Crippen molar-refractivity contribution in [3.63, 3.8) is 0 Å². The number of hydrogen-bond donors (Lipinski definition) is 3. The van der Waals surface area contributed by atoms with Gasteiger partial charge < -0.3 is 16.0 Å². The summed E-state index contributed by atoms with van der Waals surface area (Å²) in [5, 5.41) is 11.2. The van der Waals surface area contributed by atoms with Gasteiger partial charge in [0.25, 0.3) is 0 Å². The topological polar surface area (TPSA) is 61.3 Å². The van der Waals surface area contributed by atoms with Crippen molar-refractivity contribution in [1.82, 2.24) is 15.6 Å². The smallest absolute Gasteiger partial charge is 0.191 e. The second-order valence-electron chi connectivity index (χ2n) is 5.24. The van der Waals surface area contributed by atoms with Crippen molar-refractivity contribution < 1.29 is 0 Å². The lowest BCUT2D eigenvalue weighted by atomic mass is 10.3. The molecule has 2 aromatic rings. The molecule has 0 aliphatic rings. The monoisotopic (exact) mass is 459 g/mol. The quantitative estimate of drug-likeness (QED) is 0.257. The SMILES string of the molecule is CN=C(NCCCNc1ccccc1)NCc1sc(C)nc1C.I. The number of aliphatic imine (C=N–C) groups is 1. The van der Waals surface area contributed by atoms with Crippen LogP contribution in [0.1, 0.15) is 22.0 Å². The third-order valence-electron chi connectivity index (χ3n) is 3.39. The predicted molar refractivity (Wildman–Crippen MR) is 115 cm³/mol. The Morgan fingerprint density at radius 3 is 2.50 bits per heavy atom. The Morgan fingerprint density at radius 2 is 1.88 bits per heavy atom. The highest BCUT2D eigenvalue weighted by Gasteiger charge is 2.05. The number of anilines is 1. The van der Waals surface area contributed by atoms with Crippen molar-refractivity contribution >= 4 is 47.0 Å². The van der Waals surface area contributed by atoms with Crippen LogP contribution in [0, 0.1) is 13.8 Å². The molecular formula is C17H26IN5S. The molecule has 7 heteroatoms. The van der Waals surface area contributed by atoms with Gasteiger partial charge in [0.2, 0.25) is 0 Å². The van der Waals surface area contributed by atoms with Gasteiger partial charge in [0.15, 0.2) is 5.96 Å². The van der Waals surface area contributed by atoms with E-state index in [1.165, 1.54) is 4.88 Å². The fourth-order valence-electron chi connectivity index (χ4n) is 2.21. The molecule has 0 aliphatic carbocycles. The summed E-state index contributed by atoms with van der Waals surface area (Å²) in [6.07, 6.45) is 1.02. The van der Waals surface area contributed by atoms with Crippen LogP contribution in [0.4, 0.5) is 5.69 Å². The molecule has 132 valence electrons. The molecule has 2 rings (SSSR count). The first kappa shape index (κ1) is 20.7. The molecule has 1 aromatic carbocycles. The van der Waals surface area contributed by atoms with Crippen LogP contribution in [0.5, 0.6) is 0 Å². The summed E-state index contributed by atoms with van der Waals surface area (Å²) in [4.78, 5) is 9.95. The van der Waals surface area contributed by atoms with Crippen molar-refractivity contribution in [2.75, 3.05) is 25.5 Å². The Bertz CT molecular complexity index is 627. The van der Waals surface area contributed by atoms with Crippen LogP contribution in [0.2, 0.25) is 0 Å². The molecule has 0 bridgehead atoms. The first-order valence-electron chi connectivity index (χ1n) is 7.85. The van der Waals surface area contributed by atoms with Gasteiger partial charge >= 0.3 is 0 Å². The van der Waals surface area contributed by atoms with Gasteiger partial charge in [-0.1, -0.05) is 18.2 Å². The van der Waals surface area contributed by atoms with E-state index in [-0.39, 0.29) is 24.0 Å². The summed E-state index contributed by atoms with van der Waals surface area (Å²) in [7, 11) is 1.79. The first-order chi connectivity index (χ1) is 11.2. The lowest BCUT2D eigenvalue weighted by molar-refractivity contribution is 0.763. The van der Waals surface area contributed by atoms with E-state index in [1.807, 2.05) is 32.0 Å². The molecule has 0 saturated heterocycles. The minimum Gasteiger partial charge on any atom is -0.385 e. The van der Waals surface area contributed by atoms with Gasteiger partial charge in [0.05, 0.1) is 17.2 Å². The molecule has 1 heterocycles. The van der Waals surface area contributed by atoms with Crippen molar-refractivity contribution in [2.45, 2.75) is 26.8 Å². The van der Waals surface area contributed by atoms with Crippen LogP contribution in [0.3, 0.4) is 0 Å². The number of thiazole rings is 1. The standard InChI is InChI=1S/C17H25N5S.HI/c1-13-16(23-14(2)22-13)12-21-17(18-3)20-11-7-10-19-15-8-5-4-6-9-15;/h4-6,8-9,19H,7,10-12H2,1-3H3,(H2,18,20,21);1H. The van der Waals surface area contributed by atoms with Crippen LogP contribution in [-0.4, -0.2) is 31.1 Å². The van der Waals surface area contributed by atoms with Crippen LogP contribution in [-0.2, 0) is 6.54 Å². The molecule has 24 heavy (non-hydrogen) atoms. The Balaban J connectivity index is 0.00000288. The van der Waals surface area contributed by atoms with Crippen LogP contribution >= 0.6 is 35.3 Å². The van der Waals surface area contributed by atoms with E-state index >= 15 is 0 Å². The van der Waals surface area contributed by atoms with Gasteiger partial charge in [-0.2, -0.15) is 0 Å². The van der Waals surface area contributed by atoms with Crippen molar-refractivity contribution in [1.29, 1.82) is 0 Å². The summed E-state index contributed by atoms with van der Waals surface area (Å²) in [5.41, 5.74) is 2.26. The Labute approximate surface area is 165 Å². The summed E-state index contributed by atoms with van der Waals surface area (Å²) in [6, 6.07) is 10.3. The summed E-state index contributed by atoms with van der Waals surface area (Å²) >= 11 is 1.73. The van der Waals surface area contributed by atoms with E-state index in [4.69, 9.17) is 0 Å². The van der Waals surface area contributed by atoms with Gasteiger partial charge in [-0.25, -0.2) is 4.98 Å². The molecule has 3 N–H and O–H groups in total. The number of benzene rings is 1. The van der Waals surface area contributed by atoms with Crippen molar-refractivity contribution in [2.24, 2.45) is 4.99 Å². The fraction of sp³-hybridized carbons (Fsp3) is 0.412. The summed E-state index contributed by atoms with van der Waals surface area (Å²) in [6.45, 7) is 6.65.